The van der Waals surface area contributed by atoms with Gasteiger partial charge in [-0.05, 0) is 42.0 Å². The molecule has 1 fully saturated rings. The second-order valence-electron chi connectivity index (χ2n) is 6.70. The largest absolute Gasteiger partial charge is 0.489 e. The Bertz CT molecular complexity index is 994. The maximum Gasteiger partial charge on any atom is 0.325 e. The molecule has 1 heterocycles. The fourth-order valence-electron chi connectivity index (χ4n) is 3.20. The highest BCUT2D eigenvalue weighted by atomic mass is 32.2. The summed E-state index contributed by atoms with van der Waals surface area (Å²) < 4.78 is 64.2. The molecule has 162 valence electrons. The number of thioether (sulfide) groups is 1. The van der Waals surface area contributed by atoms with Gasteiger partial charge in [0.25, 0.3) is 0 Å². The molecule has 30 heavy (non-hydrogen) atoms. The molecular weight excluding hydrogens is 436 g/mol. The van der Waals surface area contributed by atoms with Crippen LogP contribution in [0.1, 0.15) is 12.5 Å². The van der Waals surface area contributed by atoms with Crippen molar-refractivity contribution < 1.29 is 31.5 Å². The van der Waals surface area contributed by atoms with Crippen molar-refractivity contribution in [3.63, 3.8) is 0 Å². The van der Waals surface area contributed by atoms with Crippen molar-refractivity contribution >= 4 is 27.8 Å². The lowest BCUT2D eigenvalue weighted by molar-refractivity contribution is -0.145. The molecule has 1 aliphatic rings. The Morgan fingerprint density at radius 1 is 1.17 bits per heavy atom. The van der Waals surface area contributed by atoms with Gasteiger partial charge in [-0.2, -0.15) is 16.1 Å². The minimum absolute atomic E-state index is 0.0136. The number of methoxy groups -OCH3 is 1. The molecule has 2 aromatic carbocycles. The lowest BCUT2D eigenvalue weighted by Gasteiger charge is -2.36. The second kappa shape index (κ2) is 9.32. The lowest BCUT2D eigenvalue weighted by Crippen LogP contribution is -2.53. The Balaban J connectivity index is 1.76. The Labute approximate surface area is 178 Å². The summed E-state index contributed by atoms with van der Waals surface area (Å²) >= 11 is 1.51. The van der Waals surface area contributed by atoms with Crippen LogP contribution in [-0.4, -0.2) is 49.4 Å². The summed E-state index contributed by atoms with van der Waals surface area (Å²) in [5.41, 5.74) is 0.310. The molecule has 0 bridgehead atoms. The monoisotopic (exact) mass is 457 g/mol. The zero-order valence-electron chi connectivity index (χ0n) is 16.4. The summed E-state index contributed by atoms with van der Waals surface area (Å²) in [4.78, 5) is 12.2. The zero-order valence-corrected chi connectivity index (χ0v) is 18.0. The van der Waals surface area contributed by atoms with Crippen LogP contribution in [0.5, 0.6) is 5.75 Å². The van der Waals surface area contributed by atoms with Gasteiger partial charge in [-0.3, -0.25) is 4.79 Å². The Hall–Kier alpha value is -2.17. The summed E-state index contributed by atoms with van der Waals surface area (Å²) in [6.45, 7) is 1.91. The van der Waals surface area contributed by atoms with Crippen molar-refractivity contribution in [3.05, 3.63) is 59.7 Å². The molecular formula is C20H21F2NO5S2. The van der Waals surface area contributed by atoms with Crippen LogP contribution in [0.4, 0.5) is 8.78 Å². The van der Waals surface area contributed by atoms with Crippen LogP contribution in [0.25, 0.3) is 0 Å². The third-order valence-corrected chi connectivity index (χ3v) is 7.75. The fraction of sp³-hybridized carbons (Fsp3) is 0.350. The number of halogens is 2. The quantitative estimate of drug-likeness (QED) is 0.621. The van der Waals surface area contributed by atoms with Crippen LogP contribution in [0.2, 0.25) is 0 Å². The lowest BCUT2D eigenvalue weighted by atomic mass is 10.2. The molecule has 2 atom stereocenters. The first-order valence-electron chi connectivity index (χ1n) is 9.11. The highest BCUT2D eigenvalue weighted by Gasteiger charge is 2.42. The second-order valence-corrected chi connectivity index (χ2v) is 10.1. The van der Waals surface area contributed by atoms with Crippen molar-refractivity contribution in [1.29, 1.82) is 0 Å². The van der Waals surface area contributed by atoms with E-state index in [2.05, 4.69) is 0 Å². The minimum Gasteiger partial charge on any atom is -0.489 e. The highest BCUT2D eigenvalue weighted by molar-refractivity contribution is 8.00. The summed E-state index contributed by atoms with van der Waals surface area (Å²) in [7, 11) is -2.70. The highest BCUT2D eigenvalue weighted by Crippen LogP contribution is 2.31. The van der Waals surface area contributed by atoms with Gasteiger partial charge in [0.1, 0.15) is 30.0 Å². The molecule has 1 aliphatic heterocycles. The standard InChI is InChI=1S/C20H21F2NO5S2/c1-13-19(20(24)27-2)23(7-8-29-13)30(25,26)18-5-3-17(4-6-18)28-12-14-9-15(21)11-16(22)10-14/h3-6,9-11,13,19H,7-8,12H2,1-2H3/t13-,19+/m0/s1. The van der Waals surface area contributed by atoms with Gasteiger partial charge in [-0.15, -0.1) is 0 Å². The predicted octanol–water partition coefficient (Wildman–Crippen LogP) is 3.21. The van der Waals surface area contributed by atoms with Crippen molar-refractivity contribution in [1.82, 2.24) is 4.31 Å². The molecule has 10 heteroatoms. The topological polar surface area (TPSA) is 72.9 Å². The molecule has 0 spiro atoms. The maximum absolute atomic E-state index is 13.3. The molecule has 0 aromatic heterocycles. The van der Waals surface area contributed by atoms with Crippen LogP contribution in [0, 0.1) is 11.6 Å². The number of hydrogen-bond donors (Lipinski definition) is 0. The van der Waals surface area contributed by atoms with E-state index in [0.29, 0.717) is 17.1 Å². The third kappa shape index (κ3) is 4.93. The number of ether oxygens (including phenoxy) is 2. The molecule has 0 amide bonds. The summed E-state index contributed by atoms with van der Waals surface area (Å²) in [6, 6.07) is 7.84. The molecule has 3 rings (SSSR count). The van der Waals surface area contributed by atoms with E-state index in [1.54, 1.807) is 6.92 Å². The molecule has 0 saturated carbocycles. The van der Waals surface area contributed by atoms with E-state index in [4.69, 9.17) is 9.47 Å². The van der Waals surface area contributed by atoms with Gasteiger partial charge in [0.15, 0.2) is 0 Å². The van der Waals surface area contributed by atoms with Crippen LogP contribution in [0.3, 0.4) is 0 Å². The van der Waals surface area contributed by atoms with Gasteiger partial charge in [0.2, 0.25) is 10.0 Å². The number of sulfonamides is 1. The number of hydrogen-bond acceptors (Lipinski definition) is 6. The van der Waals surface area contributed by atoms with Gasteiger partial charge >= 0.3 is 5.97 Å². The number of carbonyl (C=O) groups excluding carboxylic acids is 1. The summed E-state index contributed by atoms with van der Waals surface area (Å²) in [5, 5.41) is -0.241. The van der Waals surface area contributed by atoms with Crippen LogP contribution < -0.4 is 4.74 Å². The molecule has 6 nitrogen and oxygen atoms in total. The average Bonchev–Trinajstić information content (AvgIpc) is 2.71. The smallest absolute Gasteiger partial charge is 0.325 e. The van der Waals surface area contributed by atoms with E-state index in [0.717, 1.165) is 18.2 Å². The number of nitrogens with zero attached hydrogens (tertiary/aromatic N) is 1. The predicted molar refractivity (Wildman–Crippen MR) is 109 cm³/mol. The van der Waals surface area contributed by atoms with Crippen molar-refractivity contribution in [2.75, 3.05) is 19.4 Å². The van der Waals surface area contributed by atoms with Gasteiger partial charge < -0.3 is 9.47 Å². The van der Waals surface area contributed by atoms with Gasteiger partial charge in [-0.25, -0.2) is 17.2 Å². The summed E-state index contributed by atoms with van der Waals surface area (Å²) in [5.74, 6) is -1.10. The zero-order chi connectivity index (χ0) is 21.9. The molecule has 0 radical (unpaired) electrons. The molecule has 0 unspecified atom stereocenters. The molecule has 2 aromatic rings. The fourth-order valence-corrected chi connectivity index (χ4v) is 6.15. The van der Waals surface area contributed by atoms with Crippen molar-refractivity contribution in [3.8, 4) is 5.75 Å². The van der Waals surface area contributed by atoms with E-state index < -0.39 is 33.7 Å². The van der Waals surface area contributed by atoms with Crippen molar-refractivity contribution in [2.45, 2.75) is 29.7 Å². The van der Waals surface area contributed by atoms with E-state index >= 15 is 0 Å². The van der Waals surface area contributed by atoms with Crippen LogP contribution in [-0.2, 0) is 26.2 Å². The first-order chi connectivity index (χ1) is 14.2. The third-order valence-electron chi connectivity index (χ3n) is 4.65. The summed E-state index contributed by atoms with van der Waals surface area (Å²) in [6.07, 6.45) is 0. The minimum atomic E-state index is -3.93. The first-order valence-corrected chi connectivity index (χ1v) is 11.6. The average molecular weight is 458 g/mol. The Morgan fingerprint density at radius 3 is 2.40 bits per heavy atom. The van der Waals surface area contributed by atoms with Crippen LogP contribution in [0.15, 0.2) is 47.4 Å². The Morgan fingerprint density at radius 2 is 1.80 bits per heavy atom. The molecule has 0 aliphatic carbocycles. The number of esters is 1. The Kier molecular flexibility index (Phi) is 6.99. The van der Waals surface area contributed by atoms with Crippen molar-refractivity contribution in [2.24, 2.45) is 0 Å². The SMILES string of the molecule is COC(=O)[C@H]1[C@H](C)SCCN1S(=O)(=O)c1ccc(OCc2cc(F)cc(F)c2)cc1. The van der Waals surface area contributed by atoms with Gasteiger partial charge in [0, 0.05) is 23.6 Å². The molecule has 0 N–H and O–H groups in total. The number of rotatable bonds is 6. The van der Waals surface area contributed by atoms with Crippen LogP contribution >= 0.6 is 11.8 Å². The maximum atomic E-state index is 13.3. The normalized spacial score (nSPS) is 20.0. The van der Waals surface area contributed by atoms with E-state index in [9.17, 15) is 22.0 Å². The van der Waals surface area contributed by atoms with E-state index in [-0.39, 0.29) is 23.3 Å². The molecule has 1 saturated heterocycles. The number of benzene rings is 2. The first kappa shape index (κ1) is 22.5. The van der Waals surface area contributed by atoms with E-state index in [1.807, 2.05) is 0 Å². The van der Waals surface area contributed by atoms with Gasteiger partial charge in [0.05, 0.1) is 12.0 Å². The van der Waals surface area contributed by atoms with E-state index in [1.165, 1.54) is 47.4 Å². The number of carbonyl (C=O) groups is 1. The van der Waals surface area contributed by atoms with Gasteiger partial charge in [-0.1, -0.05) is 6.92 Å².